The highest BCUT2D eigenvalue weighted by Gasteiger charge is 2.36. The number of rotatable bonds is 3. The van der Waals surface area contributed by atoms with Crippen molar-refractivity contribution in [3.8, 4) is 0 Å². The highest BCUT2D eigenvalue weighted by Crippen LogP contribution is 2.33. The van der Waals surface area contributed by atoms with Crippen molar-refractivity contribution in [1.29, 1.82) is 0 Å². The first-order chi connectivity index (χ1) is 7.62. The van der Waals surface area contributed by atoms with Crippen LogP contribution in [0.2, 0.25) is 0 Å². The van der Waals surface area contributed by atoms with Gasteiger partial charge in [0.05, 0.1) is 6.54 Å². The molecule has 2 rings (SSSR count). The van der Waals surface area contributed by atoms with E-state index < -0.39 is 0 Å². The zero-order valence-corrected chi connectivity index (χ0v) is 10.7. The van der Waals surface area contributed by atoms with Crippen LogP contribution in [0.5, 0.6) is 0 Å². The van der Waals surface area contributed by atoms with Crippen LogP contribution in [0, 0.1) is 0 Å². The van der Waals surface area contributed by atoms with Crippen LogP contribution >= 0.6 is 0 Å². The molecule has 0 aromatic heterocycles. The molecule has 1 fully saturated rings. The van der Waals surface area contributed by atoms with Gasteiger partial charge >= 0.3 is 0 Å². The second-order valence-corrected chi connectivity index (χ2v) is 5.41. The molecule has 0 amide bonds. The van der Waals surface area contributed by atoms with Crippen molar-refractivity contribution in [2.75, 3.05) is 27.2 Å². The zero-order valence-electron chi connectivity index (χ0n) is 10.7. The molecule has 0 aromatic rings. The van der Waals surface area contributed by atoms with Crippen molar-refractivity contribution < 1.29 is 0 Å². The van der Waals surface area contributed by atoms with Crippen molar-refractivity contribution in [3.05, 3.63) is 0 Å². The maximum atomic E-state index is 4.44. The van der Waals surface area contributed by atoms with Crippen LogP contribution in [0.1, 0.15) is 32.6 Å². The van der Waals surface area contributed by atoms with Crippen molar-refractivity contribution >= 4 is 5.96 Å². The van der Waals surface area contributed by atoms with E-state index in [4.69, 9.17) is 0 Å². The summed E-state index contributed by atoms with van der Waals surface area (Å²) in [6.07, 6.45) is 5.32. The quantitative estimate of drug-likeness (QED) is 0.745. The standard InChI is InChI=1S/C12H24N4/c1-10-8-13-11(15-10)14-9-12(16(2)3)6-4-5-7-12/h10H,4-9H2,1-3H3,(H2,13,14,15). The molecule has 1 unspecified atom stereocenters. The largest absolute Gasteiger partial charge is 0.355 e. The first kappa shape index (κ1) is 11.7. The Hall–Kier alpha value is -0.770. The highest BCUT2D eigenvalue weighted by atomic mass is 15.3. The number of likely N-dealkylation sites (N-methyl/N-ethyl adjacent to an activating group) is 1. The summed E-state index contributed by atoms with van der Waals surface area (Å²) < 4.78 is 0. The fourth-order valence-electron chi connectivity index (χ4n) is 2.72. The smallest absolute Gasteiger partial charge is 0.191 e. The van der Waals surface area contributed by atoms with Crippen LogP contribution in [0.15, 0.2) is 4.99 Å². The van der Waals surface area contributed by atoms with Crippen LogP contribution in [0.4, 0.5) is 0 Å². The summed E-state index contributed by atoms with van der Waals surface area (Å²) in [5, 5.41) is 6.83. The Labute approximate surface area is 98.5 Å². The second kappa shape index (κ2) is 4.62. The minimum Gasteiger partial charge on any atom is -0.355 e. The van der Waals surface area contributed by atoms with Crippen LogP contribution in [0.3, 0.4) is 0 Å². The lowest BCUT2D eigenvalue weighted by Crippen LogP contribution is -2.52. The Bertz CT molecular complexity index is 266. The third kappa shape index (κ3) is 2.32. The summed E-state index contributed by atoms with van der Waals surface area (Å²) in [5.74, 6) is 0.987. The number of nitrogens with zero attached hydrogens (tertiary/aromatic N) is 2. The molecule has 0 saturated heterocycles. The van der Waals surface area contributed by atoms with Crippen molar-refractivity contribution in [3.63, 3.8) is 0 Å². The molecule has 1 aliphatic heterocycles. The lowest BCUT2D eigenvalue weighted by atomic mass is 9.96. The fraction of sp³-hybridized carbons (Fsp3) is 0.917. The number of nitrogens with one attached hydrogen (secondary N) is 2. The molecule has 2 aliphatic rings. The summed E-state index contributed by atoms with van der Waals surface area (Å²) in [6, 6.07) is 0.487. The first-order valence-electron chi connectivity index (χ1n) is 6.35. The fourth-order valence-corrected chi connectivity index (χ4v) is 2.72. The van der Waals surface area contributed by atoms with Crippen LogP contribution in [0.25, 0.3) is 0 Å². The Morgan fingerprint density at radius 1 is 1.44 bits per heavy atom. The van der Waals surface area contributed by atoms with E-state index in [1.807, 2.05) is 0 Å². The summed E-state index contributed by atoms with van der Waals surface area (Å²) in [6.45, 7) is 4.07. The monoisotopic (exact) mass is 224 g/mol. The zero-order chi connectivity index (χ0) is 11.6. The van der Waals surface area contributed by atoms with E-state index in [2.05, 4.69) is 41.5 Å². The average Bonchev–Trinajstić information content (AvgIpc) is 2.84. The predicted octanol–water partition coefficient (Wildman–Crippen LogP) is 0.798. The number of hydrogen-bond acceptors (Lipinski definition) is 4. The topological polar surface area (TPSA) is 39.7 Å². The lowest BCUT2D eigenvalue weighted by Gasteiger charge is -2.36. The normalized spacial score (nSPS) is 28.0. The predicted molar refractivity (Wildman–Crippen MR) is 67.8 cm³/mol. The van der Waals surface area contributed by atoms with E-state index in [0.717, 1.165) is 19.0 Å². The Morgan fingerprint density at radius 3 is 2.62 bits per heavy atom. The molecule has 1 aliphatic carbocycles. The van der Waals surface area contributed by atoms with Crippen molar-refractivity contribution in [1.82, 2.24) is 15.5 Å². The van der Waals surface area contributed by atoms with Crippen LogP contribution in [-0.4, -0.2) is 49.6 Å². The van der Waals surface area contributed by atoms with Gasteiger partial charge in [0.1, 0.15) is 0 Å². The molecular weight excluding hydrogens is 200 g/mol. The Morgan fingerprint density at radius 2 is 2.12 bits per heavy atom. The van der Waals surface area contributed by atoms with Gasteiger partial charge in [-0.3, -0.25) is 4.99 Å². The maximum absolute atomic E-state index is 4.44. The van der Waals surface area contributed by atoms with Gasteiger partial charge in [-0.05, 0) is 33.9 Å². The minimum atomic E-state index is 0.343. The highest BCUT2D eigenvalue weighted by molar-refractivity contribution is 5.81. The molecule has 4 nitrogen and oxygen atoms in total. The molecular formula is C12H24N4. The molecule has 1 heterocycles. The van der Waals surface area contributed by atoms with Gasteiger partial charge in [0.2, 0.25) is 0 Å². The van der Waals surface area contributed by atoms with Gasteiger partial charge in [0.25, 0.3) is 0 Å². The molecule has 0 spiro atoms. The van der Waals surface area contributed by atoms with Crippen molar-refractivity contribution in [2.45, 2.75) is 44.2 Å². The lowest BCUT2D eigenvalue weighted by molar-refractivity contribution is 0.160. The number of aliphatic imine (C=N–C) groups is 1. The van der Waals surface area contributed by atoms with Gasteiger partial charge in [0, 0.05) is 18.1 Å². The molecule has 4 heteroatoms. The first-order valence-corrected chi connectivity index (χ1v) is 6.35. The van der Waals surface area contributed by atoms with E-state index in [1.54, 1.807) is 0 Å². The minimum absolute atomic E-state index is 0.343. The van der Waals surface area contributed by atoms with Gasteiger partial charge in [-0.15, -0.1) is 0 Å². The van der Waals surface area contributed by atoms with E-state index in [-0.39, 0.29) is 0 Å². The van der Waals surface area contributed by atoms with Gasteiger partial charge in [-0.2, -0.15) is 0 Å². The molecule has 1 saturated carbocycles. The third-order valence-corrected chi connectivity index (χ3v) is 3.97. The SMILES string of the molecule is CC1CN=C(NCC2(N(C)C)CCCC2)N1. The number of hydrogen-bond donors (Lipinski definition) is 2. The summed E-state index contributed by atoms with van der Waals surface area (Å²) in [7, 11) is 4.39. The molecule has 2 N–H and O–H groups in total. The average molecular weight is 224 g/mol. The number of guanidine groups is 1. The molecule has 1 atom stereocenters. The van der Waals surface area contributed by atoms with Crippen LogP contribution < -0.4 is 10.6 Å². The summed E-state index contributed by atoms with van der Waals surface area (Å²) in [5.41, 5.74) is 0.343. The maximum Gasteiger partial charge on any atom is 0.191 e. The van der Waals surface area contributed by atoms with Gasteiger partial charge < -0.3 is 15.5 Å². The Balaban J connectivity index is 1.87. The molecule has 16 heavy (non-hydrogen) atoms. The summed E-state index contributed by atoms with van der Waals surface area (Å²) in [4.78, 5) is 6.82. The van der Waals surface area contributed by atoms with Gasteiger partial charge in [-0.25, -0.2) is 0 Å². The van der Waals surface area contributed by atoms with Gasteiger partial charge in [0.15, 0.2) is 5.96 Å². The van der Waals surface area contributed by atoms with Crippen LogP contribution in [-0.2, 0) is 0 Å². The van der Waals surface area contributed by atoms with E-state index in [1.165, 1.54) is 25.7 Å². The molecule has 0 bridgehead atoms. The molecule has 0 radical (unpaired) electrons. The molecule has 92 valence electrons. The van der Waals surface area contributed by atoms with Gasteiger partial charge in [-0.1, -0.05) is 12.8 Å². The van der Waals surface area contributed by atoms with E-state index in [0.29, 0.717) is 11.6 Å². The van der Waals surface area contributed by atoms with E-state index in [9.17, 15) is 0 Å². The Kier molecular flexibility index (Phi) is 3.38. The second-order valence-electron chi connectivity index (χ2n) is 5.41. The third-order valence-electron chi connectivity index (χ3n) is 3.97. The summed E-state index contributed by atoms with van der Waals surface area (Å²) >= 11 is 0. The van der Waals surface area contributed by atoms with E-state index >= 15 is 0 Å². The molecule has 0 aromatic carbocycles. The van der Waals surface area contributed by atoms with Crippen molar-refractivity contribution in [2.24, 2.45) is 4.99 Å².